The lowest BCUT2D eigenvalue weighted by atomic mass is 9.95. The van der Waals surface area contributed by atoms with Gasteiger partial charge < -0.3 is 15.2 Å². The quantitative estimate of drug-likeness (QED) is 0.364. The summed E-state index contributed by atoms with van der Waals surface area (Å²) in [6.45, 7) is 8.61. The van der Waals surface area contributed by atoms with Gasteiger partial charge in [0.05, 0.1) is 17.1 Å². The first-order valence-electron chi connectivity index (χ1n) is 11.9. The van der Waals surface area contributed by atoms with Gasteiger partial charge in [0, 0.05) is 16.8 Å². The predicted molar refractivity (Wildman–Crippen MR) is 137 cm³/mol. The van der Waals surface area contributed by atoms with Gasteiger partial charge in [0.15, 0.2) is 0 Å². The molecule has 2 aromatic carbocycles. The minimum Gasteiger partial charge on any atom is -0.507 e. The lowest BCUT2D eigenvalue weighted by molar-refractivity contribution is 0.474. The summed E-state index contributed by atoms with van der Waals surface area (Å²) in [6.07, 6.45) is 5.61. The number of benzene rings is 2. The Balaban J connectivity index is 1.90. The Hall–Kier alpha value is -3.53. The highest BCUT2D eigenvalue weighted by Crippen LogP contribution is 2.39. The molecule has 3 aromatic rings. The molecule has 3 N–H and O–H groups in total. The van der Waals surface area contributed by atoms with Crippen LogP contribution in [0, 0.1) is 0 Å². The fraction of sp³-hybridized carbons (Fsp3) is 0.276. The monoisotopic (exact) mass is 440 g/mol. The molecule has 4 nitrogen and oxygen atoms in total. The smallest absolute Gasteiger partial charge is 0.124 e. The summed E-state index contributed by atoms with van der Waals surface area (Å²) < 4.78 is 0. The molecule has 4 rings (SSSR count). The van der Waals surface area contributed by atoms with Gasteiger partial charge in [0.2, 0.25) is 0 Å². The number of aromatic amines is 1. The number of hydrogen-bond acceptors (Lipinski definition) is 3. The number of phenolic OH excluding ortho intramolecular Hbond substituents is 2. The van der Waals surface area contributed by atoms with Crippen molar-refractivity contribution in [2.75, 3.05) is 0 Å². The van der Waals surface area contributed by atoms with Crippen LogP contribution in [0.2, 0.25) is 0 Å². The number of aromatic hydroxyl groups is 2. The Morgan fingerprint density at radius 1 is 0.727 bits per heavy atom. The average Bonchev–Trinajstić information content (AvgIpc) is 3.36. The second kappa shape index (κ2) is 9.53. The van der Waals surface area contributed by atoms with Crippen molar-refractivity contribution < 1.29 is 10.2 Å². The van der Waals surface area contributed by atoms with E-state index < -0.39 is 0 Å². The molecule has 0 radical (unpaired) electrons. The molecule has 1 aliphatic rings. The number of hydrogen-bond donors (Lipinski definition) is 3. The largest absolute Gasteiger partial charge is 0.507 e. The molecule has 1 aliphatic heterocycles. The molecule has 0 amide bonds. The van der Waals surface area contributed by atoms with Crippen LogP contribution < -0.4 is 0 Å². The van der Waals surface area contributed by atoms with Crippen molar-refractivity contribution >= 4 is 11.8 Å². The van der Waals surface area contributed by atoms with Gasteiger partial charge in [-0.2, -0.15) is 0 Å². The Bertz CT molecular complexity index is 1270. The summed E-state index contributed by atoms with van der Waals surface area (Å²) in [5.41, 5.74) is 10.3. The molecular weight excluding hydrogens is 408 g/mol. The molecule has 4 heteroatoms. The maximum atomic E-state index is 10.5. The lowest BCUT2D eigenvalue weighted by Crippen LogP contribution is -2.02. The number of aliphatic imine (C=N–C) groups is 1. The van der Waals surface area contributed by atoms with E-state index in [0.717, 1.165) is 59.6 Å². The normalized spacial score (nSPS) is 14.9. The molecular formula is C29H32N2O2. The van der Waals surface area contributed by atoms with Gasteiger partial charge in [-0.25, -0.2) is 4.99 Å². The minimum atomic E-state index is 0.253. The fourth-order valence-electron chi connectivity index (χ4n) is 4.91. The van der Waals surface area contributed by atoms with Crippen LogP contribution in [0.3, 0.4) is 0 Å². The highest BCUT2D eigenvalue weighted by atomic mass is 16.3. The molecule has 0 saturated heterocycles. The predicted octanol–water partition coefficient (Wildman–Crippen LogP) is 7.18. The van der Waals surface area contributed by atoms with Gasteiger partial charge >= 0.3 is 0 Å². The van der Waals surface area contributed by atoms with E-state index in [9.17, 15) is 10.2 Å². The van der Waals surface area contributed by atoms with Crippen LogP contribution in [-0.2, 0) is 12.8 Å². The number of allylic oxidation sites excluding steroid dienone is 2. The van der Waals surface area contributed by atoms with E-state index >= 15 is 0 Å². The molecule has 0 saturated carbocycles. The van der Waals surface area contributed by atoms with Crippen LogP contribution in [0.5, 0.6) is 11.5 Å². The first-order valence-corrected chi connectivity index (χ1v) is 11.9. The highest BCUT2D eigenvalue weighted by Gasteiger charge is 2.25. The average molecular weight is 441 g/mol. The standard InChI is InChI=1S/C29H32N2O2/c1-5-18-20(7-3)28(22-13-9-11-15-26(22)32)30-24(18)17-25-19(6-2)21(8-4)29(31-25)23-14-10-12-16-27(23)33/h9-17,30,32-33H,5-8H2,1-4H3/b25-17+. The number of nitrogens with one attached hydrogen (secondary N) is 1. The van der Waals surface area contributed by atoms with Crippen LogP contribution in [0.1, 0.15) is 62.9 Å². The Kier molecular flexibility index (Phi) is 6.55. The number of aromatic nitrogens is 1. The van der Waals surface area contributed by atoms with Crippen LogP contribution in [0.15, 0.2) is 70.4 Å². The molecule has 170 valence electrons. The maximum Gasteiger partial charge on any atom is 0.124 e. The third-order valence-electron chi connectivity index (χ3n) is 6.47. The maximum absolute atomic E-state index is 10.5. The van der Waals surface area contributed by atoms with Gasteiger partial charge in [-0.15, -0.1) is 0 Å². The zero-order valence-corrected chi connectivity index (χ0v) is 19.9. The summed E-state index contributed by atoms with van der Waals surface area (Å²) in [4.78, 5) is 8.63. The number of para-hydroxylation sites is 2. The van der Waals surface area contributed by atoms with Crippen LogP contribution in [-0.4, -0.2) is 20.9 Å². The molecule has 0 unspecified atom stereocenters. The van der Waals surface area contributed by atoms with Crippen molar-refractivity contribution in [3.8, 4) is 22.8 Å². The summed E-state index contributed by atoms with van der Waals surface area (Å²) in [6, 6.07) is 14.9. The van der Waals surface area contributed by atoms with Crippen molar-refractivity contribution in [1.29, 1.82) is 0 Å². The summed E-state index contributed by atoms with van der Waals surface area (Å²) in [5.74, 6) is 0.529. The van der Waals surface area contributed by atoms with Gasteiger partial charge in [0.25, 0.3) is 0 Å². The van der Waals surface area contributed by atoms with Gasteiger partial charge in [-0.3, -0.25) is 0 Å². The fourth-order valence-corrected chi connectivity index (χ4v) is 4.91. The Morgan fingerprint density at radius 2 is 1.30 bits per heavy atom. The van der Waals surface area contributed by atoms with E-state index in [1.807, 2.05) is 36.4 Å². The third kappa shape index (κ3) is 4.02. The zero-order chi connectivity index (χ0) is 23.5. The molecule has 0 aliphatic carbocycles. The van der Waals surface area contributed by atoms with Crippen LogP contribution in [0.25, 0.3) is 17.3 Å². The summed E-state index contributed by atoms with van der Waals surface area (Å²) >= 11 is 0. The van der Waals surface area contributed by atoms with Crippen LogP contribution >= 0.6 is 0 Å². The van der Waals surface area contributed by atoms with Crippen LogP contribution in [0.4, 0.5) is 0 Å². The molecule has 0 fully saturated rings. The Morgan fingerprint density at radius 3 is 1.85 bits per heavy atom. The number of phenols is 2. The van der Waals surface area contributed by atoms with Crippen molar-refractivity contribution in [3.63, 3.8) is 0 Å². The van der Waals surface area contributed by atoms with Crippen molar-refractivity contribution in [2.24, 2.45) is 4.99 Å². The highest BCUT2D eigenvalue weighted by molar-refractivity contribution is 6.17. The van der Waals surface area contributed by atoms with E-state index in [0.29, 0.717) is 0 Å². The first-order chi connectivity index (χ1) is 16.0. The first kappa shape index (κ1) is 22.7. The third-order valence-corrected chi connectivity index (χ3v) is 6.47. The number of H-pyrrole nitrogens is 1. The lowest BCUT2D eigenvalue weighted by Gasteiger charge is -2.08. The van der Waals surface area contributed by atoms with Gasteiger partial charge in [0.1, 0.15) is 11.5 Å². The van der Waals surface area contributed by atoms with Crippen molar-refractivity contribution in [3.05, 3.63) is 87.8 Å². The van der Waals surface area contributed by atoms with E-state index in [2.05, 4.69) is 38.8 Å². The second-order valence-electron chi connectivity index (χ2n) is 8.27. The molecule has 0 bridgehead atoms. The number of rotatable bonds is 7. The molecule has 0 atom stereocenters. The topological polar surface area (TPSA) is 68.6 Å². The van der Waals surface area contributed by atoms with E-state index in [-0.39, 0.29) is 11.5 Å². The van der Waals surface area contributed by atoms with E-state index in [1.165, 1.54) is 22.3 Å². The van der Waals surface area contributed by atoms with E-state index in [1.54, 1.807) is 12.1 Å². The van der Waals surface area contributed by atoms with Gasteiger partial charge in [-0.05, 0) is 78.3 Å². The number of nitrogens with zero attached hydrogens (tertiary/aromatic N) is 1. The Labute approximate surface area is 196 Å². The zero-order valence-electron chi connectivity index (χ0n) is 19.9. The molecule has 1 aromatic heterocycles. The summed E-state index contributed by atoms with van der Waals surface area (Å²) in [7, 11) is 0. The van der Waals surface area contributed by atoms with Crippen molar-refractivity contribution in [1.82, 2.24) is 4.98 Å². The molecule has 0 spiro atoms. The second-order valence-corrected chi connectivity index (χ2v) is 8.27. The van der Waals surface area contributed by atoms with E-state index in [4.69, 9.17) is 4.99 Å². The molecule has 2 heterocycles. The van der Waals surface area contributed by atoms with Crippen molar-refractivity contribution in [2.45, 2.75) is 53.4 Å². The summed E-state index contributed by atoms with van der Waals surface area (Å²) in [5, 5.41) is 21.0. The SMILES string of the molecule is CCC1=C(CC)/C(=C\c2[nH]c(-c3ccccc3O)c(CC)c2CC)N=C1c1ccccc1O. The minimum absolute atomic E-state index is 0.253. The molecule has 33 heavy (non-hydrogen) atoms. The van der Waals surface area contributed by atoms with Gasteiger partial charge in [-0.1, -0.05) is 52.0 Å².